The topological polar surface area (TPSA) is 32.3 Å². The molecule has 25 heavy (non-hydrogen) atoms. The van der Waals surface area contributed by atoms with Crippen molar-refractivity contribution < 1.29 is 4.79 Å². The third-order valence-electron chi connectivity index (χ3n) is 5.04. The van der Waals surface area contributed by atoms with E-state index in [4.69, 9.17) is 0 Å². The zero-order valence-electron chi connectivity index (χ0n) is 15.3. The molecule has 132 valence electrons. The second kappa shape index (κ2) is 8.30. The van der Waals surface area contributed by atoms with Gasteiger partial charge in [0.1, 0.15) is 0 Å². The summed E-state index contributed by atoms with van der Waals surface area (Å²) in [6.07, 6.45) is 3.05. The highest BCUT2D eigenvalue weighted by Gasteiger charge is 2.14. The number of carbonyl (C=O) groups excluding carboxylic acids is 1. The van der Waals surface area contributed by atoms with Gasteiger partial charge in [0, 0.05) is 13.1 Å². The van der Waals surface area contributed by atoms with Gasteiger partial charge in [0.15, 0.2) is 0 Å². The highest BCUT2D eigenvalue weighted by molar-refractivity contribution is 5.79. The number of nitrogens with one attached hydrogen (secondary N) is 1. The molecular formula is C22H28N2O. The van der Waals surface area contributed by atoms with E-state index in [0.29, 0.717) is 13.0 Å². The van der Waals surface area contributed by atoms with Gasteiger partial charge < -0.3 is 5.32 Å². The van der Waals surface area contributed by atoms with Crippen molar-refractivity contribution in [1.29, 1.82) is 0 Å². The number of hydrogen-bond donors (Lipinski definition) is 1. The van der Waals surface area contributed by atoms with Crippen LogP contribution >= 0.6 is 0 Å². The Labute approximate surface area is 151 Å². The van der Waals surface area contributed by atoms with Crippen LogP contribution in [0.5, 0.6) is 0 Å². The summed E-state index contributed by atoms with van der Waals surface area (Å²) >= 11 is 0. The molecular weight excluding hydrogens is 308 g/mol. The van der Waals surface area contributed by atoms with Crippen LogP contribution in [0.15, 0.2) is 42.5 Å². The highest BCUT2D eigenvalue weighted by atomic mass is 16.1. The van der Waals surface area contributed by atoms with Crippen LogP contribution in [0, 0.1) is 13.8 Å². The summed E-state index contributed by atoms with van der Waals surface area (Å²) in [6.45, 7) is 8.10. The molecule has 0 saturated carbocycles. The van der Waals surface area contributed by atoms with E-state index in [0.717, 1.165) is 12.1 Å². The fourth-order valence-electron chi connectivity index (χ4n) is 3.49. The van der Waals surface area contributed by atoms with Crippen LogP contribution in [0.25, 0.3) is 0 Å². The quantitative estimate of drug-likeness (QED) is 0.871. The van der Waals surface area contributed by atoms with Gasteiger partial charge in [0.2, 0.25) is 5.91 Å². The first kappa shape index (κ1) is 17.7. The van der Waals surface area contributed by atoms with Crippen molar-refractivity contribution in [2.75, 3.05) is 13.1 Å². The second-order valence-electron chi connectivity index (χ2n) is 7.14. The van der Waals surface area contributed by atoms with Crippen molar-refractivity contribution in [3.8, 4) is 0 Å². The minimum Gasteiger partial charge on any atom is -0.352 e. The summed E-state index contributed by atoms with van der Waals surface area (Å²) in [7, 11) is 0. The average molecular weight is 336 g/mol. The van der Waals surface area contributed by atoms with Gasteiger partial charge in [-0.15, -0.1) is 0 Å². The number of carbonyl (C=O) groups is 1. The van der Waals surface area contributed by atoms with Crippen molar-refractivity contribution in [2.45, 2.75) is 46.2 Å². The Morgan fingerprint density at radius 1 is 1.00 bits per heavy atom. The van der Waals surface area contributed by atoms with E-state index < -0.39 is 0 Å². The lowest BCUT2D eigenvalue weighted by Crippen LogP contribution is -2.26. The summed E-state index contributed by atoms with van der Waals surface area (Å²) in [5, 5.41) is 3.10. The van der Waals surface area contributed by atoms with Gasteiger partial charge in [-0.2, -0.15) is 0 Å². The first-order chi connectivity index (χ1) is 12.1. The maximum atomic E-state index is 12.4. The van der Waals surface area contributed by atoms with E-state index in [1.807, 2.05) is 0 Å². The van der Waals surface area contributed by atoms with Gasteiger partial charge in [-0.1, -0.05) is 48.0 Å². The molecule has 0 aliphatic carbocycles. The lowest BCUT2D eigenvalue weighted by atomic mass is 10.0. The van der Waals surface area contributed by atoms with E-state index in [9.17, 15) is 4.79 Å². The molecule has 3 nitrogen and oxygen atoms in total. The Morgan fingerprint density at radius 3 is 2.48 bits per heavy atom. The van der Waals surface area contributed by atoms with Gasteiger partial charge in [0.05, 0.1) is 6.42 Å². The van der Waals surface area contributed by atoms with E-state index in [1.54, 1.807) is 0 Å². The standard InChI is InChI=1S/C22H28N2O/c1-17-9-10-18(2)21(13-17)14-22(25)23-15-19-7-3-4-8-20(19)16-24-11-5-6-12-24/h3-4,7-10,13H,5-6,11-12,14-16H2,1-2H3,(H,23,25). The van der Waals surface area contributed by atoms with Crippen LogP contribution in [0.1, 0.15) is 40.7 Å². The number of hydrogen-bond acceptors (Lipinski definition) is 2. The molecule has 1 heterocycles. The molecule has 1 saturated heterocycles. The summed E-state index contributed by atoms with van der Waals surface area (Å²) in [6, 6.07) is 14.7. The van der Waals surface area contributed by atoms with Gasteiger partial charge in [-0.05, 0) is 62.0 Å². The Hall–Kier alpha value is -2.13. The van der Waals surface area contributed by atoms with Gasteiger partial charge in [0.25, 0.3) is 0 Å². The van der Waals surface area contributed by atoms with Gasteiger partial charge in [-0.25, -0.2) is 0 Å². The van der Waals surface area contributed by atoms with Crippen LogP contribution in [0.4, 0.5) is 0 Å². The molecule has 0 bridgehead atoms. The van der Waals surface area contributed by atoms with Crippen LogP contribution in [0.2, 0.25) is 0 Å². The number of amides is 1. The summed E-state index contributed by atoms with van der Waals surface area (Å²) in [5.41, 5.74) is 6.04. The molecule has 1 amide bonds. The summed E-state index contributed by atoms with van der Waals surface area (Å²) < 4.78 is 0. The lowest BCUT2D eigenvalue weighted by molar-refractivity contribution is -0.120. The molecule has 0 aromatic heterocycles. The van der Waals surface area contributed by atoms with Crippen LogP contribution in [-0.2, 0) is 24.3 Å². The molecule has 1 aliphatic rings. The maximum Gasteiger partial charge on any atom is 0.224 e. The molecule has 0 atom stereocenters. The molecule has 1 aliphatic heterocycles. The fraction of sp³-hybridized carbons (Fsp3) is 0.409. The van der Waals surface area contributed by atoms with Crippen molar-refractivity contribution >= 4 is 5.91 Å². The Kier molecular flexibility index (Phi) is 5.87. The summed E-state index contributed by atoms with van der Waals surface area (Å²) in [5.74, 6) is 0.0877. The van der Waals surface area contributed by atoms with Crippen LogP contribution in [0.3, 0.4) is 0 Å². The molecule has 0 spiro atoms. The van der Waals surface area contributed by atoms with Crippen molar-refractivity contribution in [2.24, 2.45) is 0 Å². The number of aryl methyl sites for hydroxylation is 2. The van der Waals surface area contributed by atoms with Crippen LogP contribution in [-0.4, -0.2) is 23.9 Å². The normalized spacial score (nSPS) is 14.6. The van der Waals surface area contributed by atoms with E-state index in [-0.39, 0.29) is 5.91 Å². The van der Waals surface area contributed by atoms with Gasteiger partial charge >= 0.3 is 0 Å². The number of rotatable bonds is 6. The molecule has 2 aromatic rings. The Balaban J connectivity index is 1.59. The highest BCUT2D eigenvalue weighted by Crippen LogP contribution is 2.16. The third-order valence-corrected chi connectivity index (χ3v) is 5.04. The monoisotopic (exact) mass is 336 g/mol. The average Bonchev–Trinajstić information content (AvgIpc) is 3.10. The van der Waals surface area contributed by atoms with E-state index in [2.05, 4.69) is 66.5 Å². The molecule has 0 radical (unpaired) electrons. The molecule has 3 rings (SSSR count). The molecule has 0 unspecified atom stereocenters. The largest absolute Gasteiger partial charge is 0.352 e. The first-order valence-electron chi connectivity index (χ1n) is 9.24. The van der Waals surface area contributed by atoms with Crippen molar-refractivity contribution in [3.05, 3.63) is 70.3 Å². The first-order valence-corrected chi connectivity index (χ1v) is 9.24. The molecule has 3 heteroatoms. The minimum atomic E-state index is 0.0877. The van der Waals surface area contributed by atoms with Crippen LogP contribution < -0.4 is 5.32 Å². The number of benzene rings is 2. The second-order valence-corrected chi connectivity index (χ2v) is 7.14. The predicted octanol–water partition coefficient (Wildman–Crippen LogP) is 3.76. The molecule has 1 fully saturated rings. The summed E-state index contributed by atoms with van der Waals surface area (Å²) in [4.78, 5) is 14.9. The third kappa shape index (κ3) is 4.93. The SMILES string of the molecule is Cc1ccc(C)c(CC(=O)NCc2ccccc2CN2CCCC2)c1. The Bertz CT molecular complexity index is 733. The fourth-order valence-corrected chi connectivity index (χ4v) is 3.49. The minimum absolute atomic E-state index is 0.0877. The molecule has 1 N–H and O–H groups in total. The zero-order chi connectivity index (χ0) is 17.6. The van der Waals surface area contributed by atoms with E-state index in [1.165, 1.54) is 48.2 Å². The maximum absolute atomic E-state index is 12.4. The zero-order valence-corrected chi connectivity index (χ0v) is 15.3. The number of likely N-dealkylation sites (tertiary alicyclic amines) is 1. The molecule has 2 aromatic carbocycles. The van der Waals surface area contributed by atoms with E-state index >= 15 is 0 Å². The van der Waals surface area contributed by atoms with Gasteiger partial charge in [-0.3, -0.25) is 9.69 Å². The number of nitrogens with zero attached hydrogens (tertiary/aromatic N) is 1. The smallest absolute Gasteiger partial charge is 0.224 e. The van der Waals surface area contributed by atoms with Crippen molar-refractivity contribution in [3.63, 3.8) is 0 Å². The Morgan fingerprint density at radius 2 is 1.72 bits per heavy atom. The lowest BCUT2D eigenvalue weighted by Gasteiger charge is -2.18. The van der Waals surface area contributed by atoms with Crippen molar-refractivity contribution in [1.82, 2.24) is 10.2 Å². The predicted molar refractivity (Wildman–Crippen MR) is 102 cm³/mol.